The van der Waals surface area contributed by atoms with E-state index in [1.54, 1.807) is 11.8 Å². The van der Waals surface area contributed by atoms with Gasteiger partial charge in [0.2, 0.25) is 5.16 Å². The third-order valence-electron chi connectivity index (χ3n) is 4.37. The Bertz CT molecular complexity index is 984. The van der Waals surface area contributed by atoms with Gasteiger partial charge in [0.25, 0.3) is 0 Å². The van der Waals surface area contributed by atoms with E-state index in [0.29, 0.717) is 0 Å². The molecule has 132 valence electrons. The Balaban J connectivity index is 1.74. The molecule has 3 aromatic rings. The molecule has 26 heavy (non-hydrogen) atoms. The number of thioether (sulfide) groups is 1. The molecule has 0 bridgehead atoms. The van der Waals surface area contributed by atoms with Crippen molar-refractivity contribution in [3.05, 3.63) is 64.1 Å². The Kier molecular flexibility index (Phi) is 4.49. The molecule has 0 amide bonds. The van der Waals surface area contributed by atoms with Gasteiger partial charge in [0.1, 0.15) is 0 Å². The number of nitrogens with zero attached hydrogens (tertiary/aromatic N) is 4. The number of hydrogen-bond donors (Lipinski definition) is 0. The lowest BCUT2D eigenvalue weighted by Crippen LogP contribution is -2.15. The smallest absolute Gasteiger partial charge is 0.186 e. The van der Waals surface area contributed by atoms with Gasteiger partial charge < -0.3 is 0 Å². The first-order valence-electron chi connectivity index (χ1n) is 8.45. The quantitative estimate of drug-likeness (QED) is 0.553. The molecule has 0 radical (unpaired) electrons. The molecule has 2 aromatic carbocycles. The zero-order chi connectivity index (χ0) is 18.3. The minimum absolute atomic E-state index is 0.149. The third kappa shape index (κ3) is 3.23. The van der Waals surface area contributed by atoms with Crippen LogP contribution >= 0.6 is 27.7 Å². The fourth-order valence-corrected chi connectivity index (χ4v) is 4.14. The van der Waals surface area contributed by atoms with Crippen LogP contribution in [0.2, 0.25) is 0 Å². The van der Waals surface area contributed by atoms with E-state index < -0.39 is 0 Å². The molecular formula is C20H19BrN4S. The molecular weight excluding hydrogens is 408 g/mol. The van der Waals surface area contributed by atoms with Gasteiger partial charge in [-0.1, -0.05) is 84.9 Å². The molecule has 4 rings (SSSR count). The summed E-state index contributed by atoms with van der Waals surface area (Å²) in [5.74, 6) is 1.55. The number of rotatable bonds is 2. The number of fused-ring (bicyclic) bond motifs is 1. The minimum atomic E-state index is 0.149. The van der Waals surface area contributed by atoms with Gasteiger partial charge in [0.05, 0.1) is 5.71 Å². The first-order chi connectivity index (χ1) is 12.4. The van der Waals surface area contributed by atoms with Crippen LogP contribution in [0.4, 0.5) is 0 Å². The molecule has 0 spiro atoms. The van der Waals surface area contributed by atoms with Crippen LogP contribution in [0.3, 0.4) is 0 Å². The van der Waals surface area contributed by atoms with Crippen molar-refractivity contribution in [3.8, 4) is 11.4 Å². The van der Waals surface area contributed by atoms with Crippen molar-refractivity contribution in [3.63, 3.8) is 0 Å². The van der Waals surface area contributed by atoms with Crippen molar-refractivity contribution in [1.29, 1.82) is 0 Å². The lowest BCUT2D eigenvalue weighted by molar-refractivity contribution is 0.590. The molecule has 0 aliphatic carbocycles. The SMILES string of the molecule is CC(C)(C)c1ccc(C2=Nn3c(nnc3-c3ccccc3Br)SC2)cc1. The van der Waals surface area contributed by atoms with Crippen molar-refractivity contribution in [2.45, 2.75) is 31.3 Å². The fourth-order valence-electron chi connectivity index (χ4n) is 2.84. The lowest BCUT2D eigenvalue weighted by atomic mass is 9.86. The topological polar surface area (TPSA) is 43.1 Å². The molecule has 0 saturated carbocycles. The molecule has 0 saturated heterocycles. The molecule has 1 aliphatic rings. The monoisotopic (exact) mass is 426 g/mol. The van der Waals surface area contributed by atoms with Gasteiger partial charge in [-0.2, -0.15) is 9.78 Å². The highest BCUT2D eigenvalue weighted by molar-refractivity contribution is 9.10. The van der Waals surface area contributed by atoms with Gasteiger partial charge in [0, 0.05) is 15.8 Å². The maximum absolute atomic E-state index is 4.85. The van der Waals surface area contributed by atoms with Crippen LogP contribution in [-0.2, 0) is 5.41 Å². The molecule has 0 fully saturated rings. The van der Waals surface area contributed by atoms with Gasteiger partial charge in [-0.15, -0.1) is 10.2 Å². The Labute approximate surface area is 165 Å². The van der Waals surface area contributed by atoms with Crippen molar-refractivity contribution in [1.82, 2.24) is 14.9 Å². The van der Waals surface area contributed by atoms with Crippen molar-refractivity contribution in [2.24, 2.45) is 5.10 Å². The van der Waals surface area contributed by atoms with Crippen molar-refractivity contribution >= 4 is 33.4 Å². The van der Waals surface area contributed by atoms with Gasteiger partial charge in [-0.3, -0.25) is 0 Å². The highest BCUT2D eigenvalue weighted by atomic mass is 79.9. The van der Waals surface area contributed by atoms with Crippen LogP contribution in [0.5, 0.6) is 0 Å². The summed E-state index contributed by atoms with van der Waals surface area (Å²) in [6, 6.07) is 16.7. The summed E-state index contributed by atoms with van der Waals surface area (Å²) in [6.45, 7) is 6.68. The predicted molar refractivity (Wildman–Crippen MR) is 111 cm³/mol. The molecule has 0 N–H and O–H groups in total. The van der Waals surface area contributed by atoms with Crippen LogP contribution < -0.4 is 0 Å². The van der Waals surface area contributed by atoms with Crippen molar-refractivity contribution < 1.29 is 0 Å². The van der Waals surface area contributed by atoms with E-state index in [1.165, 1.54) is 5.56 Å². The first-order valence-corrected chi connectivity index (χ1v) is 10.2. The van der Waals surface area contributed by atoms with E-state index in [9.17, 15) is 0 Å². The minimum Gasteiger partial charge on any atom is -0.186 e. The van der Waals surface area contributed by atoms with Gasteiger partial charge >= 0.3 is 0 Å². The largest absolute Gasteiger partial charge is 0.212 e. The molecule has 0 unspecified atom stereocenters. The molecule has 1 aromatic heterocycles. The molecule has 0 atom stereocenters. The Morgan fingerprint density at radius 2 is 1.73 bits per heavy atom. The normalized spacial score (nSPS) is 14.1. The summed E-state index contributed by atoms with van der Waals surface area (Å²) in [7, 11) is 0. The molecule has 2 heterocycles. The molecule has 6 heteroatoms. The Morgan fingerprint density at radius 3 is 2.42 bits per heavy atom. The number of hydrogen-bond acceptors (Lipinski definition) is 4. The van der Waals surface area contributed by atoms with Crippen LogP contribution in [0, 0.1) is 0 Å². The second kappa shape index (κ2) is 6.67. The van der Waals surface area contributed by atoms with E-state index in [2.05, 4.69) is 71.2 Å². The Hall–Kier alpha value is -1.92. The third-order valence-corrected chi connectivity index (χ3v) is 5.99. The summed E-state index contributed by atoms with van der Waals surface area (Å²) in [5.41, 5.74) is 4.64. The van der Waals surface area contributed by atoms with Gasteiger partial charge in [0.15, 0.2) is 5.82 Å². The summed E-state index contributed by atoms with van der Waals surface area (Å²) in [4.78, 5) is 0. The van der Waals surface area contributed by atoms with Gasteiger partial charge in [-0.05, 0) is 28.7 Å². The summed E-state index contributed by atoms with van der Waals surface area (Å²) in [5, 5.41) is 14.3. The van der Waals surface area contributed by atoms with Crippen LogP contribution in [0.1, 0.15) is 31.9 Å². The van der Waals surface area contributed by atoms with E-state index in [-0.39, 0.29) is 5.41 Å². The highest BCUT2D eigenvalue weighted by Crippen LogP contribution is 2.32. The highest BCUT2D eigenvalue weighted by Gasteiger charge is 2.22. The van der Waals surface area contributed by atoms with Gasteiger partial charge in [-0.25, -0.2) is 0 Å². The van der Waals surface area contributed by atoms with Crippen LogP contribution in [0.25, 0.3) is 11.4 Å². The summed E-state index contributed by atoms with van der Waals surface area (Å²) in [6.07, 6.45) is 0. The van der Waals surface area contributed by atoms with E-state index in [1.807, 2.05) is 28.9 Å². The van der Waals surface area contributed by atoms with Crippen LogP contribution in [-0.4, -0.2) is 26.3 Å². The molecule has 1 aliphatic heterocycles. The maximum Gasteiger partial charge on any atom is 0.212 e. The fraction of sp³-hybridized carbons (Fsp3) is 0.250. The average molecular weight is 427 g/mol. The lowest BCUT2D eigenvalue weighted by Gasteiger charge is -2.20. The average Bonchev–Trinajstić information content (AvgIpc) is 3.04. The first kappa shape index (κ1) is 17.5. The Morgan fingerprint density at radius 1 is 1.00 bits per heavy atom. The second-order valence-electron chi connectivity index (χ2n) is 7.26. The number of aromatic nitrogens is 3. The number of halogens is 1. The number of benzene rings is 2. The summed E-state index contributed by atoms with van der Waals surface area (Å²) < 4.78 is 2.83. The van der Waals surface area contributed by atoms with E-state index >= 15 is 0 Å². The maximum atomic E-state index is 4.85. The zero-order valence-electron chi connectivity index (χ0n) is 14.9. The zero-order valence-corrected chi connectivity index (χ0v) is 17.3. The van der Waals surface area contributed by atoms with E-state index in [0.717, 1.165) is 38.0 Å². The molecule has 4 nitrogen and oxygen atoms in total. The standard InChI is InChI=1S/C20H19BrN4S/c1-20(2,3)14-10-8-13(9-11-14)17-12-26-19-23-22-18(25(19)24-17)15-6-4-5-7-16(15)21/h4-11H,12H2,1-3H3. The van der Waals surface area contributed by atoms with E-state index in [4.69, 9.17) is 5.10 Å². The summed E-state index contributed by atoms with van der Waals surface area (Å²) >= 11 is 5.26. The predicted octanol–water partition coefficient (Wildman–Crippen LogP) is 5.36. The van der Waals surface area contributed by atoms with Crippen molar-refractivity contribution in [2.75, 3.05) is 5.75 Å². The second-order valence-corrected chi connectivity index (χ2v) is 9.06. The van der Waals surface area contributed by atoms with Crippen LogP contribution in [0.15, 0.2) is 63.3 Å².